The highest BCUT2D eigenvalue weighted by molar-refractivity contribution is 5.70. The maximum atomic E-state index is 12.0. The molecule has 1 aliphatic rings. The Morgan fingerprint density at radius 2 is 2.05 bits per heavy atom. The summed E-state index contributed by atoms with van der Waals surface area (Å²) in [6.07, 6.45) is 0.550. The van der Waals surface area contributed by atoms with Crippen LogP contribution in [0.2, 0.25) is 0 Å². The van der Waals surface area contributed by atoms with Crippen molar-refractivity contribution in [3.63, 3.8) is 0 Å². The Labute approximate surface area is 119 Å². The molecule has 1 amide bonds. The van der Waals surface area contributed by atoms with Crippen molar-refractivity contribution in [3.8, 4) is 0 Å². The zero-order valence-electron chi connectivity index (χ0n) is 12.2. The second-order valence-electron chi connectivity index (χ2n) is 5.65. The highest BCUT2D eigenvalue weighted by Crippen LogP contribution is 2.15. The molecular weight excluding hydrogens is 256 g/mol. The largest absolute Gasteiger partial charge is 0.443 e. The number of para-hydroxylation sites is 1. The minimum atomic E-state index is -0.523. The van der Waals surface area contributed by atoms with E-state index in [4.69, 9.17) is 4.74 Å². The van der Waals surface area contributed by atoms with Crippen LogP contribution < -0.4 is 16.0 Å². The fraction of sp³-hybridized carbons (Fsp3) is 0.500. The molecule has 0 spiro atoms. The first kappa shape index (κ1) is 14.6. The summed E-state index contributed by atoms with van der Waals surface area (Å²) in [4.78, 5) is 12.0. The number of carbonyl (C=O) groups is 1. The molecule has 0 aromatic heterocycles. The molecule has 2 rings (SSSR count). The van der Waals surface area contributed by atoms with Crippen LogP contribution in [-0.2, 0) is 4.74 Å². The quantitative estimate of drug-likeness (QED) is 0.829. The summed E-state index contributed by atoms with van der Waals surface area (Å²) in [6, 6.07) is 9.64. The predicted molar refractivity (Wildman–Crippen MR) is 77.6 cm³/mol. The van der Waals surface area contributed by atoms with Crippen LogP contribution in [0.15, 0.2) is 30.3 Å². The van der Waals surface area contributed by atoms with Gasteiger partial charge in [0.1, 0.15) is 5.60 Å². The molecule has 1 saturated heterocycles. The van der Waals surface area contributed by atoms with E-state index in [1.807, 2.05) is 56.2 Å². The lowest BCUT2D eigenvalue weighted by Gasteiger charge is -2.33. The zero-order chi connectivity index (χ0) is 14.6. The van der Waals surface area contributed by atoms with E-state index < -0.39 is 11.7 Å². The van der Waals surface area contributed by atoms with E-state index in [0.717, 1.165) is 25.2 Å². The van der Waals surface area contributed by atoms with Crippen LogP contribution >= 0.6 is 0 Å². The molecule has 6 nitrogen and oxygen atoms in total. The van der Waals surface area contributed by atoms with Crippen molar-refractivity contribution >= 4 is 11.8 Å². The molecule has 0 radical (unpaired) electrons. The molecular formula is C14H22N4O2. The molecule has 1 fully saturated rings. The highest BCUT2D eigenvalue weighted by Gasteiger charge is 2.24. The number of ether oxygens (including phenoxy) is 1. The smallest absolute Gasteiger partial charge is 0.427 e. The van der Waals surface area contributed by atoms with Crippen LogP contribution in [0.25, 0.3) is 0 Å². The number of hydrogen-bond donors (Lipinski definition) is 2. The third kappa shape index (κ3) is 4.11. The molecule has 0 saturated carbocycles. The summed E-state index contributed by atoms with van der Waals surface area (Å²) in [5.41, 5.74) is 6.33. The number of benzene rings is 1. The van der Waals surface area contributed by atoms with E-state index in [1.54, 1.807) is 5.12 Å². The van der Waals surface area contributed by atoms with E-state index in [2.05, 4.69) is 10.9 Å². The Morgan fingerprint density at radius 3 is 2.60 bits per heavy atom. The van der Waals surface area contributed by atoms with Crippen LogP contribution in [0.5, 0.6) is 0 Å². The second-order valence-corrected chi connectivity index (χ2v) is 5.65. The Bertz CT molecular complexity index is 438. The number of nitrogens with zero attached hydrogens (tertiary/aromatic N) is 2. The number of hydrogen-bond acceptors (Lipinski definition) is 5. The van der Waals surface area contributed by atoms with Gasteiger partial charge >= 0.3 is 6.09 Å². The summed E-state index contributed by atoms with van der Waals surface area (Å²) in [7, 11) is 0. The van der Waals surface area contributed by atoms with Crippen LogP contribution in [0.3, 0.4) is 0 Å². The fourth-order valence-electron chi connectivity index (χ4n) is 1.91. The van der Waals surface area contributed by atoms with Crippen molar-refractivity contribution in [2.75, 3.05) is 18.2 Å². The molecule has 1 aromatic rings. The first-order chi connectivity index (χ1) is 9.46. The Kier molecular flexibility index (Phi) is 4.46. The monoisotopic (exact) mass is 278 g/mol. The SMILES string of the molecule is CC(C)(C)OC(=O)NN(c1ccccc1)N1CCCN1. The van der Waals surface area contributed by atoms with Gasteiger partial charge in [0.25, 0.3) is 0 Å². The maximum Gasteiger partial charge on any atom is 0.427 e. The summed E-state index contributed by atoms with van der Waals surface area (Å²) in [5, 5.41) is 3.56. The van der Waals surface area contributed by atoms with Crippen molar-refractivity contribution < 1.29 is 9.53 Å². The summed E-state index contributed by atoms with van der Waals surface area (Å²) in [6.45, 7) is 7.23. The summed E-state index contributed by atoms with van der Waals surface area (Å²) < 4.78 is 5.30. The molecule has 2 N–H and O–H groups in total. The molecule has 1 heterocycles. The molecule has 0 atom stereocenters. The average Bonchev–Trinajstić information content (AvgIpc) is 2.88. The zero-order valence-corrected chi connectivity index (χ0v) is 12.2. The van der Waals surface area contributed by atoms with Gasteiger partial charge in [0.2, 0.25) is 0 Å². The number of rotatable bonds is 3. The lowest BCUT2D eigenvalue weighted by atomic mass is 10.2. The van der Waals surface area contributed by atoms with Crippen molar-refractivity contribution in [2.45, 2.75) is 32.8 Å². The number of anilines is 1. The number of amides is 1. The van der Waals surface area contributed by atoms with Gasteiger partial charge in [-0.05, 0) is 39.3 Å². The van der Waals surface area contributed by atoms with Gasteiger partial charge < -0.3 is 4.74 Å². The summed E-state index contributed by atoms with van der Waals surface area (Å²) >= 11 is 0. The Balaban J connectivity index is 2.09. The topological polar surface area (TPSA) is 56.8 Å². The molecule has 110 valence electrons. The van der Waals surface area contributed by atoms with Crippen molar-refractivity contribution in [3.05, 3.63) is 30.3 Å². The van der Waals surface area contributed by atoms with Gasteiger partial charge in [0, 0.05) is 13.1 Å². The molecule has 0 aliphatic carbocycles. The molecule has 20 heavy (non-hydrogen) atoms. The van der Waals surface area contributed by atoms with Crippen molar-refractivity contribution in [1.82, 2.24) is 16.0 Å². The Hall–Kier alpha value is -1.79. The molecule has 0 bridgehead atoms. The van der Waals surface area contributed by atoms with Gasteiger partial charge in [-0.3, -0.25) is 0 Å². The lowest BCUT2D eigenvalue weighted by molar-refractivity contribution is 0.0457. The molecule has 1 aliphatic heterocycles. The molecule has 1 aromatic carbocycles. The number of carbonyl (C=O) groups excluding carboxylic acids is 1. The Morgan fingerprint density at radius 1 is 1.35 bits per heavy atom. The van der Waals surface area contributed by atoms with E-state index in [1.165, 1.54) is 0 Å². The van der Waals surface area contributed by atoms with E-state index in [0.29, 0.717) is 0 Å². The third-order valence-electron chi connectivity index (χ3n) is 2.68. The number of hydrazine groups is 3. The van der Waals surface area contributed by atoms with Crippen molar-refractivity contribution in [1.29, 1.82) is 0 Å². The maximum absolute atomic E-state index is 12.0. The molecule has 6 heteroatoms. The fourth-order valence-corrected chi connectivity index (χ4v) is 1.91. The first-order valence-electron chi connectivity index (χ1n) is 6.81. The van der Waals surface area contributed by atoms with Crippen LogP contribution in [0, 0.1) is 0 Å². The van der Waals surface area contributed by atoms with Crippen LogP contribution in [0.4, 0.5) is 10.5 Å². The standard InChI is InChI=1S/C14H22N4O2/c1-14(2,3)20-13(19)16-18(17-11-7-10-15-17)12-8-5-4-6-9-12/h4-6,8-9,15H,7,10-11H2,1-3H3,(H,16,19). The van der Waals surface area contributed by atoms with Crippen LogP contribution in [0.1, 0.15) is 27.2 Å². The first-order valence-corrected chi connectivity index (χ1v) is 6.81. The highest BCUT2D eigenvalue weighted by atomic mass is 16.6. The minimum Gasteiger partial charge on any atom is -0.443 e. The minimum absolute atomic E-state index is 0.477. The van der Waals surface area contributed by atoms with E-state index in [-0.39, 0.29) is 0 Å². The van der Waals surface area contributed by atoms with Crippen LogP contribution in [-0.4, -0.2) is 29.9 Å². The lowest BCUT2D eigenvalue weighted by Crippen LogP contribution is -2.57. The van der Waals surface area contributed by atoms with E-state index >= 15 is 0 Å². The second kappa shape index (κ2) is 6.11. The third-order valence-corrected chi connectivity index (χ3v) is 2.68. The summed E-state index contributed by atoms with van der Waals surface area (Å²) in [5.74, 6) is 0. The normalized spacial score (nSPS) is 15.9. The van der Waals surface area contributed by atoms with Gasteiger partial charge in [-0.1, -0.05) is 18.2 Å². The van der Waals surface area contributed by atoms with Crippen molar-refractivity contribution in [2.24, 2.45) is 0 Å². The number of nitrogens with one attached hydrogen (secondary N) is 2. The van der Waals surface area contributed by atoms with Gasteiger partial charge in [0.05, 0.1) is 5.69 Å². The molecule has 0 unspecified atom stereocenters. The van der Waals surface area contributed by atoms with Gasteiger partial charge in [-0.15, -0.1) is 5.12 Å². The van der Waals surface area contributed by atoms with Gasteiger partial charge in [-0.2, -0.15) is 5.12 Å². The van der Waals surface area contributed by atoms with Gasteiger partial charge in [-0.25, -0.2) is 15.6 Å². The van der Waals surface area contributed by atoms with Gasteiger partial charge in [0.15, 0.2) is 0 Å². The predicted octanol–water partition coefficient (Wildman–Crippen LogP) is 2.06. The van der Waals surface area contributed by atoms with E-state index in [9.17, 15) is 4.79 Å². The average molecular weight is 278 g/mol.